The monoisotopic (exact) mass is 455 g/mol. The van der Waals surface area contributed by atoms with Gasteiger partial charge in [0, 0.05) is 28.4 Å². The Labute approximate surface area is 190 Å². The molecule has 0 spiro atoms. The number of imidazole rings is 1. The van der Waals surface area contributed by atoms with Crippen molar-refractivity contribution in [3.63, 3.8) is 0 Å². The van der Waals surface area contributed by atoms with Crippen molar-refractivity contribution in [1.29, 1.82) is 0 Å². The zero-order valence-corrected chi connectivity index (χ0v) is 19.1. The molecule has 0 fully saturated rings. The van der Waals surface area contributed by atoms with Gasteiger partial charge in [-0.2, -0.15) is 0 Å². The molecular weight excluding hydrogens is 433 g/mol. The molecule has 1 aliphatic heterocycles. The number of dihydropyridines is 1. The van der Waals surface area contributed by atoms with E-state index in [0.29, 0.717) is 17.3 Å². The van der Waals surface area contributed by atoms with Crippen molar-refractivity contribution in [2.24, 2.45) is 12.0 Å². The summed E-state index contributed by atoms with van der Waals surface area (Å²) in [5.74, 6) is 0.455. The van der Waals surface area contributed by atoms with Gasteiger partial charge in [0.2, 0.25) is 0 Å². The van der Waals surface area contributed by atoms with Crippen LogP contribution in [-0.4, -0.2) is 32.5 Å². The van der Waals surface area contributed by atoms with E-state index in [0.717, 1.165) is 27.0 Å². The van der Waals surface area contributed by atoms with Crippen LogP contribution in [0.1, 0.15) is 25.5 Å². The van der Waals surface area contributed by atoms with Gasteiger partial charge in [-0.3, -0.25) is 4.99 Å². The zero-order chi connectivity index (χ0) is 22.2. The summed E-state index contributed by atoms with van der Waals surface area (Å²) in [7, 11) is 1.96. The number of halogens is 2. The molecular formula is C24H23ClFN3OS. The molecule has 2 aromatic carbocycles. The summed E-state index contributed by atoms with van der Waals surface area (Å²) in [4.78, 5) is 10.6. The topological polar surface area (TPSA) is 50.4 Å². The number of hydrogen-bond donors (Lipinski definition) is 1. The van der Waals surface area contributed by atoms with Crippen LogP contribution in [-0.2, 0) is 7.05 Å². The molecule has 31 heavy (non-hydrogen) atoms. The van der Waals surface area contributed by atoms with Crippen molar-refractivity contribution in [1.82, 2.24) is 9.55 Å². The van der Waals surface area contributed by atoms with Gasteiger partial charge in [-0.15, -0.1) is 0 Å². The molecule has 2 heterocycles. The predicted octanol–water partition coefficient (Wildman–Crippen LogP) is 5.90. The van der Waals surface area contributed by atoms with Gasteiger partial charge in [0.1, 0.15) is 22.3 Å². The number of rotatable bonds is 5. The van der Waals surface area contributed by atoms with Crippen LogP contribution in [0, 0.1) is 5.82 Å². The van der Waals surface area contributed by atoms with Gasteiger partial charge in [0.05, 0.1) is 18.0 Å². The van der Waals surface area contributed by atoms with Gasteiger partial charge in [-0.05, 0) is 68.5 Å². The lowest BCUT2D eigenvalue weighted by atomic mass is 9.96. The second-order valence-corrected chi connectivity index (χ2v) is 9.50. The Bertz CT molecular complexity index is 1150. The van der Waals surface area contributed by atoms with Crippen molar-refractivity contribution >= 4 is 29.1 Å². The smallest absolute Gasteiger partial charge is 0.140 e. The van der Waals surface area contributed by atoms with Gasteiger partial charge in [0.15, 0.2) is 0 Å². The normalized spacial score (nSPS) is 16.5. The Hall–Kier alpha value is -2.41. The maximum Gasteiger partial charge on any atom is 0.140 e. The third-order valence-corrected chi connectivity index (χ3v) is 6.56. The van der Waals surface area contributed by atoms with Crippen LogP contribution in [0.5, 0.6) is 0 Å². The first-order valence-electron chi connectivity index (χ1n) is 9.94. The molecule has 0 saturated heterocycles. The minimum Gasteiger partial charge on any atom is -0.384 e. The first kappa shape index (κ1) is 21.8. The molecule has 0 amide bonds. The Morgan fingerprint density at radius 1 is 1.13 bits per heavy atom. The molecule has 1 aliphatic rings. The molecule has 1 unspecified atom stereocenters. The number of nitrogens with zero attached hydrogens (tertiary/aromatic N) is 3. The van der Waals surface area contributed by atoms with Crippen molar-refractivity contribution in [2.45, 2.75) is 35.3 Å². The quantitative estimate of drug-likeness (QED) is 0.521. The average Bonchev–Trinajstić information content (AvgIpc) is 3.06. The highest BCUT2D eigenvalue weighted by atomic mass is 35.5. The summed E-state index contributed by atoms with van der Waals surface area (Å²) < 4.78 is 15.5. The van der Waals surface area contributed by atoms with Gasteiger partial charge in [-0.25, -0.2) is 9.37 Å². The Morgan fingerprint density at radius 2 is 1.81 bits per heavy atom. The van der Waals surface area contributed by atoms with E-state index in [1.54, 1.807) is 37.7 Å². The number of hydrogen-bond acceptors (Lipinski definition) is 4. The van der Waals surface area contributed by atoms with Gasteiger partial charge >= 0.3 is 0 Å². The standard InChI is InChI=1S/C24H23ClFN3OS/c1-24(2,30)20-13-6-16(14-27-20)21-23(31-19-11-7-17(25)8-12-19)29(3)22(28-21)15-4-9-18(26)10-5-15/h4-13,16,30H,14H2,1-3H3. The molecule has 1 aromatic heterocycles. The SMILES string of the molecule is Cn1c(-c2ccc(F)cc2)nc(C2C=CC(C(C)(C)O)=NC2)c1Sc1ccc(Cl)cc1. The van der Waals surface area contributed by atoms with Crippen molar-refractivity contribution < 1.29 is 9.50 Å². The van der Waals surface area contributed by atoms with E-state index in [1.165, 1.54) is 12.1 Å². The Morgan fingerprint density at radius 3 is 2.39 bits per heavy atom. The molecule has 0 aliphatic carbocycles. The van der Waals surface area contributed by atoms with E-state index < -0.39 is 5.60 Å². The highest BCUT2D eigenvalue weighted by Crippen LogP contribution is 2.38. The van der Waals surface area contributed by atoms with Crippen LogP contribution in [0.3, 0.4) is 0 Å². The van der Waals surface area contributed by atoms with Crippen molar-refractivity contribution in [3.05, 3.63) is 77.2 Å². The van der Waals surface area contributed by atoms with E-state index in [1.807, 2.05) is 48.0 Å². The lowest BCUT2D eigenvalue weighted by Crippen LogP contribution is -2.31. The van der Waals surface area contributed by atoms with E-state index >= 15 is 0 Å². The van der Waals surface area contributed by atoms with Crippen LogP contribution < -0.4 is 0 Å². The van der Waals surface area contributed by atoms with Gasteiger partial charge in [-0.1, -0.05) is 29.4 Å². The highest BCUT2D eigenvalue weighted by molar-refractivity contribution is 7.99. The van der Waals surface area contributed by atoms with Crippen molar-refractivity contribution in [2.75, 3.05) is 6.54 Å². The zero-order valence-electron chi connectivity index (χ0n) is 17.5. The molecule has 0 bridgehead atoms. The fourth-order valence-corrected chi connectivity index (χ4v) is 4.58. The number of aromatic nitrogens is 2. The van der Waals surface area contributed by atoms with Gasteiger partial charge in [0.25, 0.3) is 0 Å². The fourth-order valence-electron chi connectivity index (χ4n) is 3.43. The summed E-state index contributed by atoms with van der Waals surface area (Å²) in [5.41, 5.74) is 1.42. The predicted molar refractivity (Wildman–Crippen MR) is 125 cm³/mol. The number of aliphatic hydroxyl groups is 1. The van der Waals surface area contributed by atoms with Crippen LogP contribution in [0.25, 0.3) is 11.4 Å². The molecule has 4 rings (SSSR count). The van der Waals surface area contributed by atoms with E-state index in [4.69, 9.17) is 16.6 Å². The fraction of sp³-hybridized carbons (Fsp3) is 0.250. The molecule has 4 nitrogen and oxygen atoms in total. The average molecular weight is 456 g/mol. The van der Waals surface area contributed by atoms with E-state index in [-0.39, 0.29) is 11.7 Å². The molecule has 160 valence electrons. The second kappa shape index (κ2) is 8.61. The first-order chi connectivity index (χ1) is 14.7. The Balaban J connectivity index is 1.75. The summed E-state index contributed by atoms with van der Waals surface area (Å²) in [6, 6.07) is 14.0. The molecule has 1 N–H and O–H groups in total. The lowest BCUT2D eigenvalue weighted by Gasteiger charge is -2.22. The minimum atomic E-state index is -0.980. The maximum atomic E-state index is 13.4. The van der Waals surface area contributed by atoms with E-state index in [9.17, 15) is 9.50 Å². The van der Waals surface area contributed by atoms with Crippen LogP contribution >= 0.6 is 23.4 Å². The third-order valence-electron chi connectivity index (χ3n) is 5.12. The van der Waals surface area contributed by atoms with Crippen molar-refractivity contribution in [3.8, 4) is 11.4 Å². The van der Waals surface area contributed by atoms with Crippen LogP contribution in [0.4, 0.5) is 4.39 Å². The van der Waals surface area contributed by atoms with Crippen LogP contribution in [0.15, 0.2) is 75.6 Å². The first-order valence-corrected chi connectivity index (χ1v) is 11.1. The third kappa shape index (κ3) is 4.76. The van der Waals surface area contributed by atoms with E-state index in [2.05, 4.69) is 4.99 Å². The van der Waals surface area contributed by atoms with Crippen LogP contribution in [0.2, 0.25) is 5.02 Å². The number of aliphatic imine (C=N–C) groups is 1. The minimum absolute atomic E-state index is 0.0266. The molecule has 1 atom stereocenters. The summed E-state index contributed by atoms with van der Waals surface area (Å²) >= 11 is 7.65. The summed E-state index contributed by atoms with van der Waals surface area (Å²) in [6.07, 6.45) is 3.92. The summed E-state index contributed by atoms with van der Waals surface area (Å²) in [5, 5.41) is 11.9. The number of benzene rings is 2. The summed E-state index contributed by atoms with van der Waals surface area (Å²) in [6.45, 7) is 3.96. The Kier molecular flexibility index (Phi) is 6.06. The molecule has 3 aromatic rings. The second-order valence-electron chi connectivity index (χ2n) is 8.00. The van der Waals surface area contributed by atoms with Gasteiger partial charge < -0.3 is 9.67 Å². The highest BCUT2D eigenvalue weighted by Gasteiger charge is 2.27. The largest absolute Gasteiger partial charge is 0.384 e. The molecule has 0 saturated carbocycles. The molecule has 7 heteroatoms. The lowest BCUT2D eigenvalue weighted by molar-refractivity contribution is 0.154. The molecule has 0 radical (unpaired) electrons. The maximum absolute atomic E-state index is 13.4.